The van der Waals surface area contributed by atoms with Crippen LogP contribution in [0.5, 0.6) is 0 Å². The van der Waals surface area contributed by atoms with Crippen LogP contribution in [0.4, 0.5) is 10.2 Å². The predicted octanol–water partition coefficient (Wildman–Crippen LogP) is 1.44. The number of halogens is 1. The van der Waals surface area contributed by atoms with Gasteiger partial charge in [-0.1, -0.05) is 0 Å². The van der Waals surface area contributed by atoms with Gasteiger partial charge < -0.3 is 15.4 Å². The van der Waals surface area contributed by atoms with Gasteiger partial charge in [0, 0.05) is 18.7 Å². The van der Waals surface area contributed by atoms with Gasteiger partial charge in [-0.15, -0.1) is 0 Å². The van der Waals surface area contributed by atoms with Crippen LogP contribution in [0, 0.1) is 5.82 Å². The summed E-state index contributed by atoms with van der Waals surface area (Å²) in [4.78, 5) is 6.50. The molecular weight excluding hydrogens is 233 g/mol. The minimum absolute atomic E-state index is 0.302. The van der Waals surface area contributed by atoms with Gasteiger partial charge in [0.15, 0.2) is 0 Å². The number of aromatic nitrogens is 1. The summed E-state index contributed by atoms with van der Waals surface area (Å²) in [5, 5.41) is 0. The molecule has 3 rings (SSSR count). The Bertz CT molecular complexity index is 440. The van der Waals surface area contributed by atoms with Crippen molar-refractivity contribution < 1.29 is 9.13 Å². The van der Waals surface area contributed by atoms with Gasteiger partial charge in [-0.25, -0.2) is 9.37 Å². The number of hydrogen-bond acceptors (Lipinski definition) is 4. The smallest absolute Gasteiger partial charge is 0.141 e. The fraction of sp³-hybridized carbons (Fsp3) is 0.615. The lowest BCUT2D eigenvalue weighted by Gasteiger charge is -2.39. The fourth-order valence-electron chi connectivity index (χ4n) is 3.07. The molecule has 2 unspecified atom stereocenters. The summed E-state index contributed by atoms with van der Waals surface area (Å²) >= 11 is 0. The lowest BCUT2D eigenvalue weighted by Crippen LogP contribution is -2.49. The second-order valence-corrected chi connectivity index (χ2v) is 4.94. The van der Waals surface area contributed by atoms with Crippen molar-refractivity contribution in [3.63, 3.8) is 0 Å². The van der Waals surface area contributed by atoms with Crippen molar-refractivity contribution in [2.75, 3.05) is 18.1 Å². The van der Waals surface area contributed by atoms with E-state index in [1.165, 1.54) is 18.7 Å². The predicted molar refractivity (Wildman–Crippen MR) is 66.8 cm³/mol. The molecule has 2 N–H and O–H groups in total. The molecule has 1 aromatic rings. The fourth-order valence-corrected chi connectivity index (χ4v) is 3.07. The number of ether oxygens (including phenoxy) is 1. The Kier molecular flexibility index (Phi) is 3.18. The van der Waals surface area contributed by atoms with Crippen molar-refractivity contribution >= 4 is 5.82 Å². The molecule has 5 heteroatoms. The summed E-state index contributed by atoms with van der Waals surface area (Å²) in [5.41, 5.74) is 6.48. The number of pyridine rings is 1. The van der Waals surface area contributed by atoms with Crippen LogP contribution < -0.4 is 10.6 Å². The summed E-state index contributed by atoms with van der Waals surface area (Å²) in [5.74, 6) is 0.509. The minimum atomic E-state index is -0.324. The van der Waals surface area contributed by atoms with Gasteiger partial charge in [0.1, 0.15) is 11.6 Å². The lowest BCUT2D eigenvalue weighted by atomic mass is 10.1. The highest BCUT2D eigenvalue weighted by molar-refractivity contribution is 5.49. The molecule has 98 valence electrons. The van der Waals surface area contributed by atoms with E-state index in [9.17, 15) is 4.39 Å². The van der Waals surface area contributed by atoms with Gasteiger partial charge in [0.2, 0.25) is 0 Å². The highest BCUT2D eigenvalue weighted by Crippen LogP contribution is 2.33. The second kappa shape index (κ2) is 4.82. The second-order valence-electron chi connectivity index (χ2n) is 4.94. The third kappa shape index (κ3) is 1.97. The molecular formula is C13H18FN3O. The number of nitrogens with zero attached hydrogens (tertiary/aromatic N) is 2. The van der Waals surface area contributed by atoms with Crippen LogP contribution in [0.25, 0.3) is 0 Å². The van der Waals surface area contributed by atoms with Crippen molar-refractivity contribution in [3.8, 4) is 0 Å². The van der Waals surface area contributed by atoms with Crippen LogP contribution in [-0.4, -0.2) is 30.3 Å². The summed E-state index contributed by atoms with van der Waals surface area (Å²) in [6, 6.07) is 1.86. The average Bonchev–Trinajstić information content (AvgIpc) is 2.86. The first-order valence-corrected chi connectivity index (χ1v) is 6.52. The first-order chi connectivity index (χ1) is 8.79. The van der Waals surface area contributed by atoms with Crippen LogP contribution in [0.15, 0.2) is 12.3 Å². The standard InChI is InChI=1S/C13H18FN3O/c14-10-6-9(7-15)13(16-8-10)17-4-5-18-12-3-1-2-11(12)17/h6,8,11-12H,1-5,7,15H2. The van der Waals surface area contributed by atoms with Crippen LogP contribution >= 0.6 is 0 Å². The molecule has 0 spiro atoms. The number of morpholine rings is 1. The molecule has 4 nitrogen and oxygen atoms in total. The Balaban J connectivity index is 1.93. The molecule has 0 bridgehead atoms. The van der Waals surface area contributed by atoms with Gasteiger partial charge in [-0.2, -0.15) is 0 Å². The molecule has 0 aromatic carbocycles. The van der Waals surface area contributed by atoms with Gasteiger partial charge in [0.25, 0.3) is 0 Å². The summed E-state index contributed by atoms with van der Waals surface area (Å²) in [7, 11) is 0. The number of rotatable bonds is 2. The van der Waals surface area contributed by atoms with E-state index in [0.717, 1.165) is 30.8 Å². The summed E-state index contributed by atoms with van der Waals surface area (Å²) < 4.78 is 19.0. The Morgan fingerprint density at radius 1 is 1.50 bits per heavy atom. The molecule has 1 aliphatic heterocycles. The summed E-state index contributed by atoms with van der Waals surface area (Å²) in [6.07, 6.45) is 4.99. The Morgan fingerprint density at radius 3 is 3.22 bits per heavy atom. The molecule has 2 fully saturated rings. The molecule has 1 aliphatic carbocycles. The molecule has 1 saturated carbocycles. The largest absolute Gasteiger partial charge is 0.374 e. The quantitative estimate of drug-likeness (QED) is 0.864. The topological polar surface area (TPSA) is 51.4 Å². The van der Waals surface area contributed by atoms with E-state index >= 15 is 0 Å². The maximum Gasteiger partial charge on any atom is 0.141 e. The van der Waals surface area contributed by atoms with E-state index in [2.05, 4.69) is 9.88 Å². The molecule has 0 radical (unpaired) electrons. The van der Waals surface area contributed by atoms with Gasteiger partial charge >= 0.3 is 0 Å². The molecule has 1 saturated heterocycles. The van der Waals surface area contributed by atoms with Crippen LogP contribution in [0.1, 0.15) is 24.8 Å². The van der Waals surface area contributed by atoms with Crippen molar-refractivity contribution in [1.29, 1.82) is 0 Å². The van der Waals surface area contributed by atoms with Gasteiger partial charge in [-0.05, 0) is 25.3 Å². The number of hydrogen-bond donors (Lipinski definition) is 1. The maximum absolute atomic E-state index is 13.2. The van der Waals surface area contributed by atoms with E-state index in [1.54, 1.807) is 0 Å². The third-order valence-corrected chi connectivity index (χ3v) is 3.88. The first-order valence-electron chi connectivity index (χ1n) is 6.52. The summed E-state index contributed by atoms with van der Waals surface area (Å²) in [6.45, 7) is 1.84. The number of anilines is 1. The number of nitrogens with two attached hydrogens (primary N) is 1. The number of fused-ring (bicyclic) bond motifs is 1. The zero-order chi connectivity index (χ0) is 12.5. The normalized spacial score (nSPS) is 27.3. The highest BCUT2D eigenvalue weighted by Gasteiger charge is 2.37. The Morgan fingerprint density at radius 2 is 2.39 bits per heavy atom. The molecule has 18 heavy (non-hydrogen) atoms. The molecule has 1 aromatic heterocycles. The average molecular weight is 251 g/mol. The lowest BCUT2D eigenvalue weighted by molar-refractivity contribution is 0.0252. The van der Waals surface area contributed by atoms with Crippen LogP contribution in [-0.2, 0) is 11.3 Å². The molecule has 2 aliphatic rings. The van der Waals surface area contributed by atoms with Crippen molar-refractivity contribution in [2.24, 2.45) is 5.73 Å². The van der Waals surface area contributed by atoms with Gasteiger partial charge in [-0.3, -0.25) is 0 Å². The van der Waals surface area contributed by atoms with E-state index in [1.807, 2.05) is 0 Å². The van der Waals surface area contributed by atoms with E-state index < -0.39 is 0 Å². The maximum atomic E-state index is 13.2. The van der Waals surface area contributed by atoms with E-state index in [-0.39, 0.29) is 5.82 Å². The zero-order valence-corrected chi connectivity index (χ0v) is 10.3. The minimum Gasteiger partial charge on any atom is -0.374 e. The van der Waals surface area contributed by atoms with Crippen molar-refractivity contribution in [1.82, 2.24) is 4.98 Å². The van der Waals surface area contributed by atoms with Crippen molar-refractivity contribution in [2.45, 2.75) is 38.0 Å². The first kappa shape index (κ1) is 11.9. The van der Waals surface area contributed by atoms with E-state index in [0.29, 0.717) is 25.3 Å². The van der Waals surface area contributed by atoms with Crippen LogP contribution in [0.2, 0.25) is 0 Å². The van der Waals surface area contributed by atoms with E-state index in [4.69, 9.17) is 10.5 Å². The molecule has 0 amide bonds. The highest BCUT2D eigenvalue weighted by atomic mass is 19.1. The zero-order valence-electron chi connectivity index (χ0n) is 10.3. The Labute approximate surface area is 106 Å². The third-order valence-electron chi connectivity index (χ3n) is 3.88. The molecule has 2 heterocycles. The van der Waals surface area contributed by atoms with Gasteiger partial charge in [0.05, 0.1) is 24.9 Å². The molecule has 2 atom stereocenters. The Hall–Kier alpha value is -1.20. The SMILES string of the molecule is NCc1cc(F)cnc1N1CCOC2CCCC21. The monoisotopic (exact) mass is 251 g/mol. The van der Waals surface area contributed by atoms with Crippen LogP contribution in [0.3, 0.4) is 0 Å². The van der Waals surface area contributed by atoms with Crippen molar-refractivity contribution in [3.05, 3.63) is 23.6 Å².